The highest BCUT2D eigenvalue weighted by molar-refractivity contribution is 7.17. The first kappa shape index (κ1) is 19.2. The molecule has 0 saturated heterocycles. The fourth-order valence-electron chi connectivity index (χ4n) is 3.71. The van der Waals surface area contributed by atoms with Crippen molar-refractivity contribution in [1.29, 1.82) is 0 Å². The Morgan fingerprint density at radius 1 is 1.29 bits per heavy atom. The van der Waals surface area contributed by atoms with Crippen LogP contribution in [0.15, 0.2) is 35.3 Å². The van der Waals surface area contributed by atoms with E-state index < -0.39 is 0 Å². The molecule has 146 valence electrons. The van der Waals surface area contributed by atoms with Gasteiger partial charge in [-0.2, -0.15) is 0 Å². The standard InChI is InChI=1S/C21H22ClN3O2S/c1-21(2,3)13-6-9-16-17(10-13)28-20-23-11-15(19(27)25(16)20)24-18(26)12-4-7-14(22)8-5-12/h4-5,7-8,11,13H,6,9-10H2,1-3H3,(H,24,26)/t13-/m1/s1. The molecule has 0 spiro atoms. The Labute approximate surface area is 172 Å². The van der Waals surface area contributed by atoms with Gasteiger partial charge in [0, 0.05) is 21.2 Å². The molecule has 2 heterocycles. The monoisotopic (exact) mass is 415 g/mol. The second-order valence-electron chi connectivity index (χ2n) is 8.33. The van der Waals surface area contributed by atoms with Crippen LogP contribution in [-0.2, 0) is 12.8 Å². The lowest BCUT2D eigenvalue weighted by Gasteiger charge is -2.33. The molecule has 0 saturated carbocycles. The largest absolute Gasteiger partial charge is 0.316 e. The van der Waals surface area contributed by atoms with Gasteiger partial charge in [-0.25, -0.2) is 4.98 Å². The molecule has 1 aliphatic carbocycles. The summed E-state index contributed by atoms with van der Waals surface area (Å²) in [5.74, 6) is 0.236. The molecule has 0 unspecified atom stereocenters. The van der Waals surface area contributed by atoms with Crippen molar-refractivity contribution in [3.05, 3.63) is 62.0 Å². The van der Waals surface area contributed by atoms with Gasteiger partial charge in [-0.3, -0.25) is 14.0 Å². The Kier molecular flexibility index (Phi) is 4.79. The van der Waals surface area contributed by atoms with Gasteiger partial charge in [-0.05, 0) is 54.9 Å². The lowest BCUT2D eigenvalue weighted by Crippen LogP contribution is -2.28. The fourth-order valence-corrected chi connectivity index (χ4v) is 5.04. The second kappa shape index (κ2) is 7.01. The third-order valence-corrected chi connectivity index (χ3v) is 6.85. The molecule has 1 amide bonds. The Hall–Kier alpha value is -2.18. The Morgan fingerprint density at radius 2 is 2.00 bits per heavy atom. The number of aryl methyl sites for hydroxylation is 1. The molecular weight excluding hydrogens is 394 g/mol. The van der Waals surface area contributed by atoms with E-state index in [-0.39, 0.29) is 22.6 Å². The highest BCUT2D eigenvalue weighted by atomic mass is 35.5. The summed E-state index contributed by atoms with van der Waals surface area (Å²) >= 11 is 7.45. The van der Waals surface area contributed by atoms with Crippen LogP contribution < -0.4 is 10.9 Å². The zero-order valence-corrected chi connectivity index (χ0v) is 17.7. The number of nitrogens with zero attached hydrogens (tertiary/aromatic N) is 2. The van der Waals surface area contributed by atoms with Gasteiger partial charge in [0.05, 0.1) is 6.20 Å². The van der Waals surface area contributed by atoms with E-state index in [1.165, 1.54) is 11.1 Å². The molecule has 0 aliphatic heterocycles. The third kappa shape index (κ3) is 3.47. The summed E-state index contributed by atoms with van der Waals surface area (Å²) in [5, 5.41) is 3.25. The molecule has 1 aromatic carbocycles. The normalized spacial score (nSPS) is 16.8. The van der Waals surface area contributed by atoms with Crippen molar-refractivity contribution >= 4 is 39.5 Å². The van der Waals surface area contributed by atoms with E-state index in [0.717, 1.165) is 25.0 Å². The summed E-state index contributed by atoms with van der Waals surface area (Å²) in [4.78, 5) is 31.9. The second-order valence-corrected chi connectivity index (χ2v) is 9.83. The van der Waals surface area contributed by atoms with Crippen molar-refractivity contribution in [3.63, 3.8) is 0 Å². The number of carbonyl (C=O) groups is 1. The molecule has 5 nitrogen and oxygen atoms in total. The van der Waals surface area contributed by atoms with E-state index in [4.69, 9.17) is 11.6 Å². The van der Waals surface area contributed by atoms with Crippen molar-refractivity contribution in [2.75, 3.05) is 5.32 Å². The van der Waals surface area contributed by atoms with Crippen LogP contribution in [0.25, 0.3) is 4.96 Å². The molecule has 0 fully saturated rings. The first-order valence-corrected chi connectivity index (χ1v) is 10.5. The summed E-state index contributed by atoms with van der Waals surface area (Å²) in [7, 11) is 0. The first-order chi connectivity index (χ1) is 13.2. The number of fused-ring (bicyclic) bond motifs is 3. The lowest BCUT2D eigenvalue weighted by molar-refractivity contribution is 0.102. The Balaban J connectivity index is 1.67. The van der Waals surface area contributed by atoms with E-state index in [1.807, 2.05) is 0 Å². The topological polar surface area (TPSA) is 63.5 Å². The van der Waals surface area contributed by atoms with Gasteiger partial charge < -0.3 is 5.32 Å². The minimum Gasteiger partial charge on any atom is -0.316 e. The molecule has 1 N–H and O–H groups in total. The average molecular weight is 416 g/mol. The molecule has 1 aliphatic rings. The van der Waals surface area contributed by atoms with E-state index >= 15 is 0 Å². The summed E-state index contributed by atoms with van der Waals surface area (Å²) in [6.45, 7) is 6.81. The SMILES string of the molecule is CC(C)(C)[C@@H]1CCc2c(sc3ncc(NC(=O)c4ccc(Cl)cc4)c(=O)n23)C1. The number of halogens is 1. The third-order valence-electron chi connectivity index (χ3n) is 5.48. The summed E-state index contributed by atoms with van der Waals surface area (Å²) in [6.07, 6.45) is 4.33. The molecule has 1 atom stereocenters. The first-order valence-electron chi connectivity index (χ1n) is 9.33. The Bertz CT molecular complexity index is 1110. The number of rotatable bonds is 2. The van der Waals surface area contributed by atoms with Crippen LogP contribution in [0.1, 0.15) is 48.1 Å². The molecule has 0 radical (unpaired) electrons. The van der Waals surface area contributed by atoms with Gasteiger partial charge in [-0.15, -0.1) is 11.3 Å². The van der Waals surface area contributed by atoms with Crippen molar-refractivity contribution in [2.24, 2.45) is 11.3 Å². The minimum absolute atomic E-state index is 0.191. The zero-order valence-electron chi connectivity index (χ0n) is 16.1. The summed E-state index contributed by atoms with van der Waals surface area (Å²) < 4.78 is 1.68. The van der Waals surface area contributed by atoms with Crippen LogP contribution in [0.3, 0.4) is 0 Å². The lowest BCUT2D eigenvalue weighted by atomic mass is 9.73. The maximum Gasteiger partial charge on any atom is 0.282 e. The number of aromatic nitrogens is 2. The summed E-state index contributed by atoms with van der Waals surface area (Å²) in [6, 6.07) is 6.54. The zero-order chi connectivity index (χ0) is 20.1. The maximum absolute atomic E-state index is 13.1. The van der Waals surface area contributed by atoms with E-state index in [1.54, 1.807) is 40.0 Å². The molecule has 3 aromatic rings. The molecule has 2 aromatic heterocycles. The number of anilines is 1. The van der Waals surface area contributed by atoms with Gasteiger partial charge in [0.1, 0.15) is 5.69 Å². The number of benzene rings is 1. The smallest absolute Gasteiger partial charge is 0.282 e. The predicted octanol–water partition coefficient (Wildman–Crippen LogP) is 4.81. The van der Waals surface area contributed by atoms with Gasteiger partial charge in [0.15, 0.2) is 4.96 Å². The van der Waals surface area contributed by atoms with Gasteiger partial charge in [0.2, 0.25) is 0 Å². The van der Waals surface area contributed by atoms with Crippen molar-refractivity contribution < 1.29 is 4.79 Å². The van der Waals surface area contributed by atoms with Crippen LogP contribution in [0.4, 0.5) is 5.69 Å². The van der Waals surface area contributed by atoms with Gasteiger partial charge >= 0.3 is 0 Å². The van der Waals surface area contributed by atoms with Crippen LogP contribution in [0, 0.1) is 11.3 Å². The average Bonchev–Trinajstić information content (AvgIpc) is 3.02. The maximum atomic E-state index is 13.1. The van der Waals surface area contributed by atoms with E-state index in [2.05, 4.69) is 31.1 Å². The van der Waals surface area contributed by atoms with Crippen LogP contribution >= 0.6 is 22.9 Å². The number of nitrogens with one attached hydrogen (secondary N) is 1. The highest BCUT2D eigenvalue weighted by Crippen LogP contribution is 2.39. The van der Waals surface area contributed by atoms with Crippen molar-refractivity contribution in [2.45, 2.75) is 40.0 Å². The number of amides is 1. The minimum atomic E-state index is -0.354. The van der Waals surface area contributed by atoms with Crippen LogP contribution in [0.2, 0.25) is 5.02 Å². The predicted molar refractivity (Wildman–Crippen MR) is 114 cm³/mol. The van der Waals surface area contributed by atoms with Crippen molar-refractivity contribution in [1.82, 2.24) is 9.38 Å². The Morgan fingerprint density at radius 3 is 2.68 bits per heavy atom. The number of carbonyl (C=O) groups excluding carboxylic acids is 1. The molecule has 4 rings (SSSR count). The molecule has 0 bridgehead atoms. The highest BCUT2D eigenvalue weighted by Gasteiger charge is 2.31. The summed E-state index contributed by atoms with van der Waals surface area (Å²) in [5.41, 5.74) is 1.69. The number of hydrogen-bond donors (Lipinski definition) is 1. The van der Waals surface area contributed by atoms with Gasteiger partial charge in [0.25, 0.3) is 11.5 Å². The van der Waals surface area contributed by atoms with Crippen molar-refractivity contribution in [3.8, 4) is 0 Å². The molecule has 28 heavy (non-hydrogen) atoms. The fraction of sp³-hybridized carbons (Fsp3) is 0.381. The number of hydrogen-bond acceptors (Lipinski definition) is 4. The quantitative estimate of drug-likeness (QED) is 0.653. The van der Waals surface area contributed by atoms with Crippen LogP contribution in [-0.4, -0.2) is 15.3 Å². The van der Waals surface area contributed by atoms with Crippen LogP contribution in [0.5, 0.6) is 0 Å². The number of thiazole rings is 1. The van der Waals surface area contributed by atoms with E-state index in [9.17, 15) is 9.59 Å². The molecular formula is C21H22ClN3O2S. The van der Waals surface area contributed by atoms with Gasteiger partial charge in [-0.1, -0.05) is 32.4 Å². The molecule has 7 heteroatoms. The van der Waals surface area contributed by atoms with E-state index in [0.29, 0.717) is 21.5 Å².